The molecule has 2 heterocycles. The van der Waals surface area contributed by atoms with E-state index in [1.54, 1.807) is 0 Å². The van der Waals surface area contributed by atoms with Crippen molar-refractivity contribution >= 4 is 5.69 Å². The lowest BCUT2D eigenvalue weighted by Crippen LogP contribution is -2.31. The van der Waals surface area contributed by atoms with Crippen LogP contribution in [0.15, 0.2) is 91.0 Å². The largest absolute Gasteiger partial charge is 0.323 e. The summed E-state index contributed by atoms with van der Waals surface area (Å²) in [7, 11) is 0. The van der Waals surface area contributed by atoms with E-state index < -0.39 is 5.97 Å². The van der Waals surface area contributed by atoms with Gasteiger partial charge < -0.3 is 9.47 Å². The van der Waals surface area contributed by atoms with E-state index in [-0.39, 0.29) is 12.1 Å². The zero-order valence-corrected chi connectivity index (χ0v) is 14.9. The zero-order chi connectivity index (χ0) is 18.1. The number of ether oxygens (including phenoxy) is 2. The van der Waals surface area contributed by atoms with Crippen molar-refractivity contribution in [2.45, 2.75) is 24.5 Å². The maximum absolute atomic E-state index is 6.31. The number of benzene rings is 3. The van der Waals surface area contributed by atoms with E-state index in [2.05, 4.69) is 24.3 Å². The maximum Gasteiger partial charge on any atom is 0.308 e. The highest BCUT2D eigenvalue weighted by atomic mass is 17.0. The number of nitrogens with zero attached hydrogens (tertiary/aromatic N) is 1. The molecule has 0 aromatic heterocycles. The topological polar surface area (TPSA) is 30.9 Å². The van der Waals surface area contributed by atoms with Gasteiger partial charge in [-0.3, -0.25) is 0 Å². The van der Waals surface area contributed by atoms with E-state index in [1.807, 2.05) is 71.8 Å². The van der Waals surface area contributed by atoms with Gasteiger partial charge in [0.15, 0.2) is 0 Å². The van der Waals surface area contributed by atoms with Crippen LogP contribution in [0.1, 0.15) is 29.7 Å². The van der Waals surface area contributed by atoms with Gasteiger partial charge in [-0.05, 0) is 23.3 Å². The van der Waals surface area contributed by atoms with Crippen LogP contribution in [0, 0.1) is 0 Å². The molecule has 0 aliphatic carbocycles. The van der Waals surface area contributed by atoms with Crippen molar-refractivity contribution in [1.82, 2.24) is 0 Å². The molecule has 5 rings (SSSR count). The van der Waals surface area contributed by atoms with E-state index in [0.29, 0.717) is 13.0 Å². The SMILES string of the molecule is c1ccc([C@@H]2CO[C@]3(C[C@H](c4ccccc4)N(c4ccccc4)O3)O2)cc1. The second kappa shape index (κ2) is 6.82. The van der Waals surface area contributed by atoms with Gasteiger partial charge in [0.05, 0.1) is 24.8 Å². The summed E-state index contributed by atoms with van der Waals surface area (Å²) in [6.07, 6.45) is 0.480. The fourth-order valence-corrected chi connectivity index (χ4v) is 3.78. The number of para-hydroxylation sites is 1. The monoisotopic (exact) mass is 359 g/mol. The van der Waals surface area contributed by atoms with Crippen LogP contribution in [0.2, 0.25) is 0 Å². The highest BCUT2D eigenvalue weighted by molar-refractivity contribution is 5.47. The number of rotatable bonds is 3. The van der Waals surface area contributed by atoms with Crippen molar-refractivity contribution in [2.75, 3.05) is 11.7 Å². The van der Waals surface area contributed by atoms with Gasteiger partial charge in [0.2, 0.25) is 0 Å². The third-order valence-corrected chi connectivity index (χ3v) is 5.11. The number of hydrogen-bond acceptors (Lipinski definition) is 4. The van der Waals surface area contributed by atoms with Crippen molar-refractivity contribution in [3.63, 3.8) is 0 Å². The van der Waals surface area contributed by atoms with Gasteiger partial charge in [-0.25, -0.2) is 9.90 Å². The summed E-state index contributed by atoms with van der Waals surface area (Å²) in [5.74, 6) is -1.06. The predicted octanol–water partition coefficient (Wildman–Crippen LogP) is 5.01. The Labute approximate surface area is 158 Å². The van der Waals surface area contributed by atoms with E-state index >= 15 is 0 Å². The minimum Gasteiger partial charge on any atom is -0.323 e. The fraction of sp³-hybridized carbons (Fsp3) is 0.217. The molecule has 2 fully saturated rings. The summed E-state index contributed by atoms with van der Waals surface area (Å²) in [5, 5.41) is 1.92. The van der Waals surface area contributed by atoms with E-state index in [4.69, 9.17) is 14.3 Å². The number of anilines is 1. The van der Waals surface area contributed by atoms with E-state index in [0.717, 1.165) is 11.3 Å². The van der Waals surface area contributed by atoms with Crippen molar-refractivity contribution in [1.29, 1.82) is 0 Å². The van der Waals surface area contributed by atoms with Crippen LogP contribution in [0.25, 0.3) is 0 Å². The maximum atomic E-state index is 6.31. The smallest absolute Gasteiger partial charge is 0.308 e. The molecule has 4 nitrogen and oxygen atoms in total. The molecule has 2 saturated heterocycles. The molecule has 3 aromatic rings. The third kappa shape index (κ3) is 3.12. The summed E-state index contributed by atoms with van der Waals surface area (Å²) in [6.45, 7) is 0.480. The first-order valence-electron chi connectivity index (χ1n) is 9.28. The molecule has 3 aromatic carbocycles. The molecule has 2 aliphatic heterocycles. The van der Waals surface area contributed by atoms with Gasteiger partial charge >= 0.3 is 5.97 Å². The van der Waals surface area contributed by atoms with E-state index in [1.165, 1.54) is 5.56 Å². The summed E-state index contributed by atoms with van der Waals surface area (Å²) >= 11 is 0. The molecule has 0 radical (unpaired) electrons. The van der Waals surface area contributed by atoms with E-state index in [9.17, 15) is 0 Å². The Morgan fingerprint density at radius 3 is 2.00 bits per heavy atom. The first kappa shape index (κ1) is 16.5. The fourth-order valence-electron chi connectivity index (χ4n) is 3.78. The Kier molecular flexibility index (Phi) is 4.17. The van der Waals surface area contributed by atoms with Gasteiger partial charge in [-0.15, -0.1) is 0 Å². The van der Waals surface area contributed by atoms with Crippen molar-refractivity contribution in [3.8, 4) is 0 Å². The quantitative estimate of drug-likeness (QED) is 0.658. The van der Waals surface area contributed by atoms with Crippen molar-refractivity contribution in [3.05, 3.63) is 102 Å². The first-order valence-corrected chi connectivity index (χ1v) is 9.28. The molecule has 2 aliphatic rings. The molecular formula is C23H21NO3. The minimum atomic E-state index is -1.06. The lowest BCUT2D eigenvalue weighted by Gasteiger charge is -2.25. The molecule has 0 amide bonds. The number of hydroxylamine groups is 1. The van der Waals surface area contributed by atoms with Gasteiger partial charge in [0, 0.05) is 0 Å². The number of hydrogen-bond donors (Lipinski definition) is 0. The third-order valence-electron chi connectivity index (χ3n) is 5.11. The van der Waals surface area contributed by atoms with Gasteiger partial charge in [0.1, 0.15) is 6.10 Å². The lowest BCUT2D eigenvalue weighted by molar-refractivity contribution is -0.319. The predicted molar refractivity (Wildman–Crippen MR) is 103 cm³/mol. The molecule has 0 N–H and O–H groups in total. The standard InChI is InChI=1S/C23H21NO3/c1-4-10-18(11-5-1)21-16-23(27-24(21)20-14-8-3-9-15-20)25-17-22(26-23)19-12-6-2-7-13-19/h1-15,21-22H,16-17H2/t21-,22+,23-/m1/s1. The average Bonchev–Trinajstić information content (AvgIpc) is 3.34. The minimum absolute atomic E-state index is 0.0168. The zero-order valence-electron chi connectivity index (χ0n) is 14.9. The van der Waals surface area contributed by atoms with Crippen molar-refractivity contribution < 1.29 is 14.3 Å². The van der Waals surface area contributed by atoms with Crippen molar-refractivity contribution in [2.24, 2.45) is 0 Å². The normalized spacial score (nSPS) is 27.3. The van der Waals surface area contributed by atoms with Crippen LogP contribution in [0.5, 0.6) is 0 Å². The lowest BCUT2D eigenvalue weighted by atomic mass is 10.0. The highest BCUT2D eigenvalue weighted by Crippen LogP contribution is 2.49. The molecule has 136 valence electrons. The van der Waals surface area contributed by atoms with Crippen LogP contribution in [-0.4, -0.2) is 12.6 Å². The first-order chi connectivity index (χ1) is 13.3. The Morgan fingerprint density at radius 1 is 0.741 bits per heavy atom. The van der Waals surface area contributed by atoms with Gasteiger partial charge in [-0.2, -0.15) is 0 Å². The molecule has 27 heavy (non-hydrogen) atoms. The Hall–Kier alpha value is -2.66. The summed E-state index contributed by atoms with van der Waals surface area (Å²) < 4.78 is 12.4. The van der Waals surface area contributed by atoms with Gasteiger partial charge in [-0.1, -0.05) is 78.9 Å². The van der Waals surface area contributed by atoms with Crippen LogP contribution < -0.4 is 5.06 Å². The summed E-state index contributed by atoms with van der Waals surface area (Å²) in [6, 6.07) is 30.6. The molecule has 4 heteroatoms. The molecule has 0 saturated carbocycles. The van der Waals surface area contributed by atoms with Crippen LogP contribution >= 0.6 is 0 Å². The Balaban J connectivity index is 1.46. The molecule has 0 unspecified atom stereocenters. The van der Waals surface area contributed by atoms with Crippen LogP contribution in [-0.2, 0) is 14.3 Å². The van der Waals surface area contributed by atoms with Gasteiger partial charge in [0.25, 0.3) is 0 Å². The second-order valence-electron chi connectivity index (χ2n) is 6.89. The molecular weight excluding hydrogens is 338 g/mol. The van der Waals surface area contributed by atoms with Crippen LogP contribution in [0.4, 0.5) is 5.69 Å². The van der Waals surface area contributed by atoms with Crippen LogP contribution in [0.3, 0.4) is 0 Å². The molecule has 1 spiro atoms. The molecule has 3 atom stereocenters. The Bertz CT molecular complexity index is 838. The summed E-state index contributed by atoms with van der Waals surface area (Å²) in [4.78, 5) is 6.30. The molecule has 0 bridgehead atoms. The average molecular weight is 359 g/mol. The Morgan fingerprint density at radius 2 is 1.33 bits per heavy atom. The highest BCUT2D eigenvalue weighted by Gasteiger charge is 2.54. The summed E-state index contributed by atoms with van der Waals surface area (Å²) in [5.41, 5.74) is 3.26. The second-order valence-corrected chi connectivity index (χ2v) is 6.89.